The van der Waals surface area contributed by atoms with Gasteiger partial charge in [0.25, 0.3) is 0 Å². The molecule has 1 aliphatic rings. The van der Waals surface area contributed by atoms with Gasteiger partial charge in [0.1, 0.15) is 5.82 Å². The summed E-state index contributed by atoms with van der Waals surface area (Å²) in [7, 11) is 0. The molecule has 112 valence electrons. The van der Waals surface area contributed by atoms with Crippen molar-refractivity contribution in [1.82, 2.24) is 5.32 Å². The lowest BCUT2D eigenvalue weighted by Gasteiger charge is -2.34. The summed E-state index contributed by atoms with van der Waals surface area (Å²) in [6, 6.07) is 7.35. The topological polar surface area (TPSA) is 38.0 Å². The number of hydrogen-bond acceptors (Lipinski definition) is 2. The number of rotatable bonds is 5. The fourth-order valence-corrected chi connectivity index (χ4v) is 3.15. The van der Waals surface area contributed by atoms with Crippen LogP contribution in [0, 0.1) is 5.82 Å². The molecule has 20 heavy (non-hydrogen) atoms. The molecule has 0 aliphatic heterocycles. The lowest BCUT2D eigenvalue weighted by molar-refractivity contribution is 0.295. The minimum absolute atomic E-state index is 0.104. The molecule has 0 saturated heterocycles. The fourth-order valence-electron chi connectivity index (χ4n) is 3.15. The first-order valence-electron chi connectivity index (χ1n) is 7.83. The van der Waals surface area contributed by atoms with Gasteiger partial charge >= 0.3 is 0 Å². The first-order chi connectivity index (χ1) is 9.61. The zero-order valence-electron chi connectivity index (χ0n) is 12.5. The maximum absolute atomic E-state index is 13.0. The summed E-state index contributed by atoms with van der Waals surface area (Å²) in [5, 5.41) is 3.77. The summed E-state index contributed by atoms with van der Waals surface area (Å²) < 4.78 is 13.0. The van der Waals surface area contributed by atoms with E-state index in [2.05, 4.69) is 12.2 Å². The van der Waals surface area contributed by atoms with Crippen LogP contribution < -0.4 is 11.1 Å². The monoisotopic (exact) mass is 278 g/mol. The quantitative estimate of drug-likeness (QED) is 0.810. The molecule has 0 spiro atoms. The summed E-state index contributed by atoms with van der Waals surface area (Å²) in [5.41, 5.74) is 7.04. The highest BCUT2D eigenvalue weighted by Crippen LogP contribution is 2.21. The third-order valence-corrected chi connectivity index (χ3v) is 4.37. The van der Waals surface area contributed by atoms with Crippen molar-refractivity contribution in [2.24, 2.45) is 5.73 Å². The fraction of sp³-hybridized carbons (Fsp3) is 0.647. The predicted molar refractivity (Wildman–Crippen MR) is 82.2 cm³/mol. The molecule has 0 radical (unpaired) electrons. The van der Waals surface area contributed by atoms with Crippen molar-refractivity contribution < 1.29 is 4.39 Å². The molecule has 1 aromatic rings. The Morgan fingerprint density at radius 3 is 2.30 bits per heavy atom. The van der Waals surface area contributed by atoms with Crippen molar-refractivity contribution in [2.75, 3.05) is 6.54 Å². The van der Waals surface area contributed by atoms with Crippen molar-refractivity contribution in [3.8, 4) is 0 Å². The van der Waals surface area contributed by atoms with Crippen molar-refractivity contribution in [3.63, 3.8) is 0 Å². The normalized spacial score (nSPS) is 20.4. The van der Waals surface area contributed by atoms with Crippen LogP contribution in [0.15, 0.2) is 24.3 Å². The van der Waals surface area contributed by atoms with Crippen LogP contribution in [0.3, 0.4) is 0 Å². The smallest absolute Gasteiger partial charge is 0.123 e. The van der Waals surface area contributed by atoms with Crippen LogP contribution in [0.25, 0.3) is 0 Å². The first-order valence-corrected chi connectivity index (χ1v) is 7.83. The van der Waals surface area contributed by atoms with Crippen LogP contribution in [0.4, 0.5) is 4.39 Å². The molecule has 0 aromatic heterocycles. The first kappa shape index (κ1) is 15.5. The van der Waals surface area contributed by atoms with E-state index in [9.17, 15) is 4.39 Å². The number of nitrogens with two attached hydrogens (primary N) is 1. The van der Waals surface area contributed by atoms with Crippen LogP contribution >= 0.6 is 0 Å². The van der Waals surface area contributed by atoms with E-state index in [0.29, 0.717) is 12.6 Å². The number of benzene rings is 1. The maximum Gasteiger partial charge on any atom is 0.123 e. The van der Waals surface area contributed by atoms with Crippen molar-refractivity contribution >= 4 is 0 Å². The third kappa shape index (κ3) is 4.57. The van der Waals surface area contributed by atoms with Gasteiger partial charge in [-0.25, -0.2) is 4.39 Å². The second-order valence-electron chi connectivity index (χ2n) is 6.40. The highest BCUT2D eigenvalue weighted by atomic mass is 19.1. The number of nitrogens with one attached hydrogen (secondary N) is 1. The van der Waals surface area contributed by atoms with Gasteiger partial charge in [-0.2, -0.15) is 0 Å². The molecule has 1 aliphatic carbocycles. The number of halogens is 1. The van der Waals surface area contributed by atoms with Gasteiger partial charge < -0.3 is 11.1 Å². The van der Waals surface area contributed by atoms with Crippen LogP contribution in [-0.4, -0.2) is 18.1 Å². The van der Waals surface area contributed by atoms with Gasteiger partial charge in [-0.15, -0.1) is 0 Å². The SMILES string of the molecule is CC(CN)(Cc1ccc(F)cc1)NC1CCCCCC1. The lowest BCUT2D eigenvalue weighted by Crippen LogP contribution is -2.54. The molecule has 3 heteroatoms. The van der Waals surface area contributed by atoms with Gasteiger partial charge in [0.15, 0.2) is 0 Å². The molecule has 1 saturated carbocycles. The molecule has 3 N–H and O–H groups in total. The molecular formula is C17H27FN2. The van der Waals surface area contributed by atoms with Crippen molar-refractivity contribution in [3.05, 3.63) is 35.6 Å². The minimum atomic E-state index is -0.181. The Balaban J connectivity index is 1.98. The summed E-state index contributed by atoms with van der Waals surface area (Å²) in [6.45, 7) is 2.78. The van der Waals surface area contributed by atoms with Gasteiger partial charge in [0.05, 0.1) is 0 Å². The second kappa shape index (κ2) is 7.19. The van der Waals surface area contributed by atoms with Gasteiger partial charge in [-0.3, -0.25) is 0 Å². The van der Waals surface area contributed by atoms with Crippen LogP contribution in [0.2, 0.25) is 0 Å². The molecule has 1 fully saturated rings. The van der Waals surface area contributed by atoms with Crippen LogP contribution in [-0.2, 0) is 6.42 Å². The average molecular weight is 278 g/mol. The van der Waals surface area contributed by atoms with E-state index < -0.39 is 0 Å². The zero-order valence-corrected chi connectivity index (χ0v) is 12.5. The summed E-state index contributed by atoms with van der Waals surface area (Å²) in [4.78, 5) is 0. The van der Waals surface area contributed by atoms with E-state index >= 15 is 0 Å². The van der Waals surface area contributed by atoms with Gasteiger partial charge in [0, 0.05) is 18.1 Å². The highest BCUT2D eigenvalue weighted by molar-refractivity contribution is 5.19. The highest BCUT2D eigenvalue weighted by Gasteiger charge is 2.26. The van der Waals surface area contributed by atoms with Crippen LogP contribution in [0.5, 0.6) is 0 Å². The molecule has 1 atom stereocenters. The van der Waals surface area contributed by atoms with Gasteiger partial charge in [-0.1, -0.05) is 37.8 Å². The molecular weight excluding hydrogens is 251 g/mol. The molecule has 2 nitrogen and oxygen atoms in total. The molecule has 0 amide bonds. The van der Waals surface area contributed by atoms with Crippen molar-refractivity contribution in [2.45, 2.75) is 63.5 Å². The van der Waals surface area contributed by atoms with E-state index in [1.54, 1.807) is 0 Å². The Morgan fingerprint density at radius 2 is 1.75 bits per heavy atom. The Labute approximate surface area is 121 Å². The molecule has 1 aromatic carbocycles. The zero-order chi connectivity index (χ0) is 14.4. The van der Waals surface area contributed by atoms with E-state index in [1.807, 2.05) is 12.1 Å². The lowest BCUT2D eigenvalue weighted by atomic mass is 9.91. The van der Waals surface area contributed by atoms with E-state index in [-0.39, 0.29) is 11.4 Å². The Kier molecular flexibility index (Phi) is 5.55. The van der Waals surface area contributed by atoms with E-state index in [0.717, 1.165) is 12.0 Å². The maximum atomic E-state index is 13.0. The average Bonchev–Trinajstić information content (AvgIpc) is 2.70. The molecule has 0 heterocycles. The molecule has 1 unspecified atom stereocenters. The van der Waals surface area contributed by atoms with E-state index in [4.69, 9.17) is 5.73 Å². The Hall–Kier alpha value is -0.930. The Morgan fingerprint density at radius 1 is 1.15 bits per heavy atom. The van der Waals surface area contributed by atoms with Gasteiger partial charge in [-0.05, 0) is 43.9 Å². The van der Waals surface area contributed by atoms with Gasteiger partial charge in [0.2, 0.25) is 0 Å². The minimum Gasteiger partial charge on any atom is -0.329 e. The number of hydrogen-bond donors (Lipinski definition) is 2. The third-order valence-electron chi connectivity index (χ3n) is 4.37. The predicted octanol–water partition coefficient (Wildman–Crippen LogP) is 3.40. The second-order valence-corrected chi connectivity index (χ2v) is 6.40. The Bertz CT molecular complexity index is 396. The molecule has 2 rings (SSSR count). The van der Waals surface area contributed by atoms with Crippen LogP contribution in [0.1, 0.15) is 51.0 Å². The molecule has 0 bridgehead atoms. The summed E-state index contributed by atoms with van der Waals surface area (Å²) in [5.74, 6) is -0.181. The van der Waals surface area contributed by atoms with Crippen molar-refractivity contribution in [1.29, 1.82) is 0 Å². The largest absolute Gasteiger partial charge is 0.329 e. The standard InChI is InChI=1S/C17H27FN2/c1-17(13-19,12-14-8-10-15(18)11-9-14)20-16-6-4-2-3-5-7-16/h8-11,16,20H,2-7,12-13,19H2,1H3. The summed E-state index contributed by atoms with van der Waals surface area (Å²) in [6.07, 6.45) is 8.69. The summed E-state index contributed by atoms with van der Waals surface area (Å²) >= 11 is 0. The van der Waals surface area contributed by atoms with E-state index in [1.165, 1.54) is 50.7 Å².